The number of hydrogen-bond acceptors (Lipinski definition) is 5. The van der Waals surface area contributed by atoms with Crippen LogP contribution in [0.3, 0.4) is 0 Å². The lowest BCUT2D eigenvalue weighted by atomic mass is 9.90. The number of fused-ring (bicyclic) bond motifs is 1. The van der Waals surface area contributed by atoms with Gasteiger partial charge in [0.1, 0.15) is 0 Å². The highest BCUT2D eigenvalue weighted by atomic mass is 32.1. The molecule has 0 radical (unpaired) electrons. The Labute approximate surface area is 188 Å². The lowest BCUT2D eigenvalue weighted by Gasteiger charge is -2.35. The number of nitrogens with one attached hydrogen (secondary N) is 1. The molecule has 1 atom stereocenters. The van der Waals surface area contributed by atoms with Crippen LogP contribution in [0.25, 0.3) is 0 Å². The number of carbonyl (C=O) groups is 2. The van der Waals surface area contributed by atoms with Crippen molar-refractivity contribution >= 4 is 34.0 Å². The van der Waals surface area contributed by atoms with Crippen molar-refractivity contribution in [3.63, 3.8) is 0 Å². The van der Waals surface area contributed by atoms with Gasteiger partial charge in [0.05, 0.1) is 5.69 Å². The van der Waals surface area contributed by atoms with Crippen molar-refractivity contribution < 1.29 is 9.59 Å². The Bertz CT molecular complexity index is 976. The Hall–Kier alpha value is -2.41. The summed E-state index contributed by atoms with van der Waals surface area (Å²) < 4.78 is 0. The number of hydrogen-bond donors (Lipinski definition) is 1. The Kier molecular flexibility index (Phi) is 6.32. The molecule has 1 N–H and O–H groups in total. The third-order valence-corrected chi connectivity index (χ3v) is 7.48. The third-order valence-electron chi connectivity index (χ3n) is 6.29. The molecule has 2 aliphatic rings. The zero-order valence-corrected chi connectivity index (χ0v) is 19.7. The minimum Gasteiger partial charge on any atom is -0.345 e. The van der Waals surface area contributed by atoms with Crippen molar-refractivity contribution in [2.75, 3.05) is 36.4 Å². The highest BCUT2D eigenvalue weighted by Crippen LogP contribution is 2.35. The van der Waals surface area contributed by atoms with Gasteiger partial charge in [0.25, 0.3) is 0 Å². The van der Waals surface area contributed by atoms with Crippen LogP contribution in [0.2, 0.25) is 0 Å². The molecule has 0 saturated carbocycles. The van der Waals surface area contributed by atoms with E-state index in [-0.39, 0.29) is 23.7 Å². The van der Waals surface area contributed by atoms with Crippen molar-refractivity contribution in [1.29, 1.82) is 0 Å². The second-order valence-corrected chi connectivity index (χ2v) is 10.1. The summed E-state index contributed by atoms with van der Waals surface area (Å²) in [5.41, 5.74) is 4.35. The molecule has 1 aromatic heterocycles. The largest absolute Gasteiger partial charge is 0.345 e. The average molecular weight is 441 g/mol. The Morgan fingerprint density at radius 3 is 2.58 bits per heavy atom. The number of anilines is 2. The number of amides is 2. The molecule has 2 heterocycles. The number of piperazine rings is 1. The summed E-state index contributed by atoms with van der Waals surface area (Å²) in [6.45, 7) is 11.1. The first-order valence-electron chi connectivity index (χ1n) is 11.2. The summed E-state index contributed by atoms with van der Waals surface area (Å²) in [6, 6.07) is 6.12. The van der Waals surface area contributed by atoms with Gasteiger partial charge in [-0.15, -0.1) is 11.3 Å². The number of nitrogens with zero attached hydrogens (tertiary/aromatic N) is 3. The van der Waals surface area contributed by atoms with Crippen LogP contribution in [0.15, 0.2) is 18.2 Å². The van der Waals surface area contributed by atoms with E-state index in [1.54, 1.807) is 11.3 Å². The minimum absolute atomic E-state index is 0.0120. The van der Waals surface area contributed by atoms with Gasteiger partial charge in [-0.1, -0.05) is 31.5 Å². The van der Waals surface area contributed by atoms with E-state index in [4.69, 9.17) is 4.98 Å². The normalized spacial score (nSPS) is 18.8. The van der Waals surface area contributed by atoms with E-state index in [1.807, 2.05) is 37.8 Å². The lowest BCUT2D eigenvalue weighted by Crippen LogP contribution is -2.49. The minimum atomic E-state index is -0.0120. The Balaban J connectivity index is 1.37. The van der Waals surface area contributed by atoms with Crippen LogP contribution >= 0.6 is 11.3 Å². The summed E-state index contributed by atoms with van der Waals surface area (Å²) >= 11 is 1.72. The van der Waals surface area contributed by atoms with Crippen LogP contribution in [0, 0.1) is 25.7 Å². The molecule has 1 aliphatic heterocycles. The first-order chi connectivity index (χ1) is 14.8. The molecule has 1 aliphatic carbocycles. The lowest BCUT2D eigenvalue weighted by molar-refractivity contribution is -0.134. The summed E-state index contributed by atoms with van der Waals surface area (Å²) in [5.74, 6) is 0.372. The van der Waals surface area contributed by atoms with Crippen molar-refractivity contribution in [2.24, 2.45) is 11.8 Å². The number of carbonyl (C=O) groups excluding carboxylic acids is 2. The van der Waals surface area contributed by atoms with Gasteiger partial charge in [-0.2, -0.15) is 0 Å². The maximum atomic E-state index is 12.9. The topological polar surface area (TPSA) is 65.5 Å². The molecule has 1 aromatic carbocycles. The fourth-order valence-corrected chi connectivity index (χ4v) is 5.63. The molecule has 2 amide bonds. The number of rotatable bonds is 4. The van der Waals surface area contributed by atoms with E-state index in [0.717, 1.165) is 67.5 Å². The van der Waals surface area contributed by atoms with Crippen LogP contribution in [-0.4, -0.2) is 47.9 Å². The second-order valence-electron chi connectivity index (χ2n) is 9.08. The van der Waals surface area contributed by atoms with Crippen LogP contribution in [0.5, 0.6) is 0 Å². The number of aryl methyl sites for hydroxylation is 3. The average Bonchev–Trinajstić information content (AvgIpc) is 3.18. The number of benzene rings is 1. The SMILES string of the molecule is Cc1ccc(NC(=O)C2CCc3nc(N4CCN(C(=O)C(C)C)CC4)sc3C2)c(C)c1. The van der Waals surface area contributed by atoms with E-state index < -0.39 is 0 Å². The molecule has 0 spiro atoms. The van der Waals surface area contributed by atoms with Crippen molar-refractivity contribution in [3.05, 3.63) is 39.9 Å². The maximum Gasteiger partial charge on any atom is 0.227 e. The predicted molar refractivity (Wildman–Crippen MR) is 126 cm³/mol. The third kappa shape index (κ3) is 4.76. The molecule has 6 nitrogen and oxygen atoms in total. The highest BCUT2D eigenvalue weighted by Gasteiger charge is 2.30. The monoisotopic (exact) mass is 440 g/mol. The molecule has 166 valence electrons. The Morgan fingerprint density at radius 2 is 1.90 bits per heavy atom. The quantitative estimate of drug-likeness (QED) is 0.785. The van der Waals surface area contributed by atoms with Crippen LogP contribution in [-0.2, 0) is 22.4 Å². The molecule has 1 fully saturated rings. The zero-order valence-electron chi connectivity index (χ0n) is 18.9. The summed E-state index contributed by atoms with van der Waals surface area (Å²) in [4.78, 5) is 35.5. The molecule has 0 bridgehead atoms. The number of thiazole rings is 1. The molecule has 7 heteroatoms. The first-order valence-corrected chi connectivity index (χ1v) is 12.0. The van der Waals surface area contributed by atoms with Gasteiger partial charge in [0.2, 0.25) is 11.8 Å². The van der Waals surface area contributed by atoms with Gasteiger partial charge in [-0.25, -0.2) is 4.98 Å². The smallest absolute Gasteiger partial charge is 0.227 e. The highest BCUT2D eigenvalue weighted by molar-refractivity contribution is 7.15. The zero-order chi connectivity index (χ0) is 22.1. The van der Waals surface area contributed by atoms with Crippen LogP contribution in [0.1, 0.15) is 42.0 Å². The Morgan fingerprint density at radius 1 is 1.16 bits per heavy atom. The second kappa shape index (κ2) is 8.99. The standard InChI is InChI=1S/C24H32N4O2S/c1-15(2)23(30)27-9-11-28(12-10-27)24-26-20-8-6-18(14-21(20)31-24)22(29)25-19-7-5-16(3)13-17(19)4/h5,7,13,15,18H,6,8-12,14H2,1-4H3,(H,25,29). The van der Waals surface area contributed by atoms with E-state index >= 15 is 0 Å². The molecule has 2 aromatic rings. The van der Waals surface area contributed by atoms with E-state index in [9.17, 15) is 9.59 Å². The predicted octanol–water partition coefficient (Wildman–Crippen LogP) is 3.81. The van der Waals surface area contributed by atoms with Gasteiger partial charge < -0.3 is 15.1 Å². The number of aromatic nitrogens is 1. The van der Waals surface area contributed by atoms with Gasteiger partial charge >= 0.3 is 0 Å². The van der Waals surface area contributed by atoms with E-state index in [0.29, 0.717) is 0 Å². The van der Waals surface area contributed by atoms with Gasteiger partial charge in [-0.3, -0.25) is 9.59 Å². The summed E-state index contributed by atoms with van der Waals surface area (Å²) in [5, 5.41) is 4.17. The van der Waals surface area contributed by atoms with E-state index in [2.05, 4.69) is 23.2 Å². The molecule has 4 rings (SSSR count). The van der Waals surface area contributed by atoms with Gasteiger partial charge in [-0.05, 0) is 44.7 Å². The summed E-state index contributed by atoms with van der Waals surface area (Å²) in [7, 11) is 0. The fraction of sp³-hybridized carbons (Fsp3) is 0.542. The maximum absolute atomic E-state index is 12.9. The molecular formula is C24H32N4O2S. The first kappa shape index (κ1) is 21.8. The van der Waals surface area contributed by atoms with Crippen LogP contribution in [0.4, 0.5) is 10.8 Å². The van der Waals surface area contributed by atoms with Crippen molar-refractivity contribution in [1.82, 2.24) is 9.88 Å². The van der Waals surface area contributed by atoms with Crippen molar-refractivity contribution in [2.45, 2.75) is 47.0 Å². The van der Waals surface area contributed by atoms with Crippen molar-refractivity contribution in [3.8, 4) is 0 Å². The van der Waals surface area contributed by atoms with Gasteiger partial charge in [0.15, 0.2) is 5.13 Å². The van der Waals surface area contributed by atoms with E-state index in [1.165, 1.54) is 10.4 Å². The van der Waals surface area contributed by atoms with Crippen LogP contribution < -0.4 is 10.2 Å². The molecule has 1 saturated heterocycles. The molecular weight excluding hydrogens is 408 g/mol. The molecule has 1 unspecified atom stereocenters. The fourth-order valence-electron chi connectivity index (χ4n) is 4.39. The summed E-state index contributed by atoms with van der Waals surface area (Å²) in [6.07, 6.45) is 2.45. The molecule has 31 heavy (non-hydrogen) atoms. The van der Waals surface area contributed by atoms with Gasteiger partial charge in [0, 0.05) is 48.6 Å².